The smallest absolute Gasteiger partial charge is 0.296 e. The van der Waals surface area contributed by atoms with Crippen LogP contribution in [0, 0.1) is 10.1 Å². The van der Waals surface area contributed by atoms with Gasteiger partial charge in [0.05, 0.1) is 33.8 Å². The highest BCUT2D eigenvalue weighted by atomic mass is 32.2. The van der Waals surface area contributed by atoms with Gasteiger partial charge < -0.3 is 10.1 Å². The number of ether oxygens (including phenoxy) is 1. The Balaban J connectivity index is 2.58. The lowest BCUT2D eigenvalue weighted by Gasteiger charge is -2.11. The second-order valence-electron chi connectivity index (χ2n) is 3.98. The molecule has 110 valence electrons. The molecule has 0 aliphatic rings. The van der Waals surface area contributed by atoms with Crippen molar-refractivity contribution in [2.45, 2.75) is 9.79 Å². The molecule has 0 bridgehead atoms. The number of hydrogen-bond donors (Lipinski definition) is 1. The van der Waals surface area contributed by atoms with E-state index < -0.39 is 15.7 Å². The van der Waals surface area contributed by atoms with Crippen molar-refractivity contribution in [3.05, 3.63) is 46.8 Å². The van der Waals surface area contributed by atoms with Crippen molar-refractivity contribution in [1.82, 2.24) is 4.98 Å². The summed E-state index contributed by atoms with van der Waals surface area (Å²) in [6.45, 7) is 0. The Morgan fingerprint density at radius 1 is 1.33 bits per heavy atom. The maximum atomic E-state index is 12.6. The van der Waals surface area contributed by atoms with Crippen LogP contribution in [0.4, 0.5) is 11.4 Å². The minimum atomic E-state index is -1.52. The van der Waals surface area contributed by atoms with Crippen molar-refractivity contribution >= 4 is 22.2 Å². The molecule has 0 radical (unpaired) electrons. The molecule has 0 saturated carbocycles. The van der Waals surface area contributed by atoms with Gasteiger partial charge >= 0.3 is 0 Å². The van der Waals surface area contributed by atoms with Crippen molar-refractivity contribution < 1.29 is 13.9 Å². The van der Waals surface area contributed by atoms with E-state index in [0.717, 1.165) is 0 Å². The Bertz CT molecular complexity index is 691. The molecule has 2 rings (SSSR count). The zero-order chi connectivity index (χ0) is 15.4. The fourth-order valence-electron chi connectivity index (χ4n) is 1.79. The largest absolute Gasteiger partial charge is 0.495 e. The third-order valence-corrected chi connectivity index (χ3v) is 4.23. The summed E-state index contributed by atoms with van der Waals surface area (Å²) in [4.78, 5) is 15.3. The lowest BCUT2D eigenvalue weighted by atomic mass is 10.2. The fraction of sp³-hybridized carbons (Fsp3) is 0.154. The molecule has 2 aromatic rings. The SMILES string of the molecule is CNc1cc(S(=O)c2ccncc2)c(OC)cc1[N+](=O)[O-]. The zero-order valence-electron chi connectivity index (χ0n) is 11.4. The van der Waals surface area contributed by atoms with E-state index >= 15 is 0 Å². The van der Waals surface area contributed by atoms with Crippen LogP contribution in [0.5, 0.6) is 5.75 Å². The Morgan fingerprint density at radius 2 is 2.00 bits per heavy atom. The van der Waals surface area contributed by atoms with Gasteiger partial charge in [-0.2, -0.15) is 0 Å². The lowest BCUT2D eigenvalue weighted by molar-refractivity contribution is -0.384. The van der Waals surface area contributed by atoms with E-state index in [-0.39, 0.29) is 17.1 Å². The molecule has 1 atom stereocenters. The number of nitro groups is 1. The minimum Gasteiger partial charge on any atom is -0.495 e. The molecule has 21 heavy (non-hydrogen) atoms. The van der Waals surface area contributed by atoms with Gasteiger partial charge in [0, 0.05) is 24.3 Å². The predicted molar refractivity (Wildman–Crippen MR) is 78.1 cm³/mol. The highest BCUT2D eigenvalue weighted by Crippen LogP contribution is 2.35. The molecule has 1 aromatic carbocycles. The first kappa shape index (κ1) is 14.9. The zero-order valence-corrected chi connectivity index (χ0v) is 12.2. The number of methoxy groups -OCH3 is 1. The van der Waals surface area contributed by atoms with Gasteiger partial charge in [-0.05, 0) is 18.2 Å². The van der Waals surface area contributed by atoms with Gasteiger partial charge in [-0.1, -0.05) is 0 Å². The monoisotopic (exact) mass is 307 g/mol. The molecule has 0 aliphatic carbocycles. The second kappa shape index (κ2) is 6.31. The molecule has 8 heteroatoms. The first-order chi connectivity index (χ1) is 10.1. The predicted octanol–water partition coefficient (Wildman–Crippen LogP) is 2.21. The minimum absolute atomic E-state index is 0.134. The number of benzene rings is 1. The summed E-state index contributed by atoms with van der Waals surface area (Å²) in [6, 6.07) is 5.97. The molecule has 0 aliphatic heterocycles. The van der Waals surface area contributed by atoms with Gasteiger partial charge in [-0.15, -0.1) is 0 Å². The number of pyridine rings is 1. The average molecular weight is 307 g/mol. The molecular formula is C13H13N3O4S. The summed E-state index contributed by atoms with van der Waals surface area (Å²) in [5.41, 5.74) is 0.142. The lowest BCUT2D eigenvalue weighted by Crippen LogP contribution is -2.02. The van der Waals surface area contributed by atoms with Gasteiger partial charge in [0.25, 0.3) is 5.69 Å². The topological polar surface area (TPSA) is 94.4 Å². The van der Waals surface area contributed by atoms with Gasteiger partial charge in [0.15, 0.2) is 0 Å². The number of aromatic nitrogens is 1. The summed E-state index contributed by atoms with van der Waals surface area (Å²) >= 11 is 0. The molecular weight excluding hydrogens is 294 g/mol. The summed E-state index contributed by atoms with van der Waals surface area (Å²) in [7, 11) is 1.42. The molecule has 1 heterocycles. The summed E-state index contributed by atoms with van der Waals surface area (Å²) in [6.07, 6.45) is 3.06. The van der Waals surface area contributed by atoms with Crippen molar-refractivity contribution in [2.75, 3.05) is 19.5 Å². The third-order valence-electron chi connectivity index (χ3n) is 2.81. The van der Waals surface area contributed by atoms with E-state index in [1.165, 1.54) is 31.6 Å². The quantitative estimate of drug-likeness (QED) is 0.672. The van der Waals surface area contributed by atoms with Crippen LogP contribution in [-0.4, -0.2) is 28.3 Å². The molecule has 0 spiro atoms. The van der Waals surface area contributed by atoms with Crippen molar-refractivity contribution in [3.63, 3.8) is 0 Å². The second-order valence-corrected chi connectivity index (χ2v) is 5.43. The highest BCUT2D eigenvalue weighted by Gasteiger charge is 2.21. The molecule has 0 amide bonds. The van der Waals surface area contributed by atoms with Crippen molar-refractivity contribution in [1.29, 1.82) is 0 Å². The first-order valence-corrected chi connectivity index (χ1v) is 7.09. The number of nitrogens with one attached hydrogen (secondary N) is 1. The molecule has 7 nitrogen and oxygen atoms in total. The molecule has 0 saturated heterocycles. The Morgan fingerprint density at radius 3 is 2.52 bits per heavy atom. The normalized spacial score (nSPS) is 11.7. The van der Waals surface area contributed by atoms with Gasteiger partial charge in [-0.3, -0.25) is 15.1 Å². The molecule has 1 N–H and O–H groups in total. The summed E-state index contributed by atoms with van der Waals surface area (Å²) in [5, 5.41) is 13.8. The van der Waals surface area contributed by atoms with Crippen LogP contribution in [0.15, 0.2) is 46.5 Å². The fourth-order valence-corrected chi connectivity index (χ4v) is 2.97. The number of nitro benzene ring substituents is 1. The molecule has 1 unspecified atom stereocenters. The molecule has 1 aromatic heterocycles. The maximum Gasteiger partial charge on any atom is 0.296 e. The third kappa shape index (κ3) is 3.00. The Hall–Kier alpha value is -2.48. The summed E-state index contributed by atoms with van der Waals surface area (Å²) < 4.78 is 17.7. The highest BCUT2D eigenvalue weighted by molar-refractivity contribution is 7.85. The average Bonchev–Trinajstić information content (AvgIpc) is 2.53. The van der Waals surface area contributed by atoms with Crippen LogP contribution in [0.3, 0.4) is 0 Å². The van der Waals surface area contributed by atoms with E-state index in [1.54, 1.807) is 19.2 Å². The van der Waals surface area contributed by atoms with Crippen LogP contribution in [0.25, 0.3) is 0 Å². The van der Waals surface area contributed by atoms with Gasteiger partial charge in [0.1, 0.15) is 11.4 Å². The Labute approximate surface area is 123 Å². The Kier molecular flexibility index (Phi) is 4.49. The van der Waals surface area contributed by atoms with Crippen LogP contribution in [-0.2, 0) is 10.8 Å². The van der Waals surface area contributed by atoms with E-state index in [0.29, 0.717) is 9.79 Å². The number of anilines is 1. The number of rotatable bonds is 5. The number of nitrogens with zero attached hydrogens (tertiary/aromatic N) is 2. The van der Waals surface area contributed by atoms with E-state index in [4.69, 9.17) is 4.74 Å². The van der Waals surface area contributed by atoms with E-state index in [2.05, 4.69) is 10.3 Å². The molecule has 0 fully saturated rings. The van der Waals surface area contributed by atoms with E-state index in [1.807, 2.05) is 0 Å². The van der Waals surface area contributed by atoms with Crippen molar-refractivity contribution in [2.24, 2.45) is 0 Å². The van der Waals surface area contributed by atoms with Crippen LogP contribution < -0.4 is 10.1 Å². The standard InChI is InChI=1S/C13H13N3O4S/c1-14-10-7-13(12(20-2)8-11(10)16(17)18)21(19)9-3-5-15-6-4-9/h3-8,14H,1-2H3. The summed E-state index contributed by atoms with van der Waals surface area (Å²) in [5.74, 6) is 0.204. The van der Waals surface area contributed by atoms with Crippen molar-refractivity contribution in [3.8, 4) is 5.75 Å². The van der Waals surface area contributed by atoms with Crippen LogP contribution >= 0.6 is 0 Å². The van der Waals surface area contributed by atoms with Gasteiger partial charge in [0.2, 0.25) is 0 Å². The van der Waals surface area contributed by atoms with Crippen LogP contribution in [0.1, 0.15) is 0 Å². The van der Waals surface area contributed by atoms with E-state index in [9.17, 15) is 14.3 Å². The van der Waals surface area contributed by atoms with Gasteiger partial charge in [-0.25, -0.2) is 4.21 Å². The van der Waals surface area contributed by atoms with Crippen LogP contribution in [0.2, 0.25) is 0 Å². The number of hydrogen-bond acceptors (Lipinski definition) is 6. The maximum absolute atomic E-state index is 12.6. The first-order valence-electron chi connectivity index (χ1n) is 5.94.